The van der Waals surface area contributed by atoms with Gasteiger partial charge in [-0.05, 0) is 30.2 Å². The summed E-state index contributed by atoms with van der Waals surface area (Å²) in [6.07, 6.45) is 5.02. The van der Waals surface area contributed by atoms with Gasteiger partial charge in [0.05, 0.1) is 0 Å². The summed E-state index contributed by atoms with van der Waals surface area (Å²) in [7, 11) is 0. The fraction of sp³-hybridized carbons (Fsp3) is 0.400. The van der Waals surface area contributed by atoms with Crippen LogP contribution in [-0.4, -0.2) is 64.3 Å². The molecule has 2 aromatic rings. The lowest BCUT2D eigenvalue weighted by atomic mass is 10.1. The number of likely N-dealkylation sites (tertiary alicyclic amines) is 1. The van der Waals surface area contributed by atoms with Crippen LogP contribution in [0.15, 0.2) is 42.7 Å². The second-order valence-corrected chi connectivity index (χ2v) is 6.95. The smallest absolute Gasteiger partial charge is 0.253 e. The fourth-order valence-corrected chi connectivity index (χ4v) is 3.64. The average Bonchev–Trinajstić information content (AvgIpc) is 3.13. The lowest BCUT2D eigenvalue weighted by Crippen LogP contribution is -2.49. The molecule has 0 unspecified atom stereocenters. The normalized spacial score (nSPS) is 17.5. The second-order valence-electron chi connectivity index (χ2n) is 6.95. The van der Waals surface area contributed by atoms with Crippen LogP contribution in [0.25, 0.3) is 0 Å². The van der Waals surface area contributed by atoms with E-state index >= 15 is 0 Å². The Balaban J connectivity index is 1.38. The van der Waals surface area contributed by atoms with Gasteiger partial charge in [0.25, 0.3) is 5.91 Å². The molecule has 2 aliphatic rings. The van der Waals surface area contributed by atoms with E-state index in [2.05, 4.69) is 14.9 Å². The number of benzene rings is 1. The molecule has 2 saturated heterocycles. The maximum atomic E-state index is 12.9. The minimum Gasteiger partial charge on any atom is -0.338 e. The molecule has 2 aliphatic heterocycles. The maximum absolute atomic E-state index is 12.9. The molecule has 0 N–H and O–H groups in total. The third-order valence-corrected chi connectivity index (χ3v) is 5.12. The third-order valence-electron chi connectivity index (χ3n) is 5.12. The summed E-state index contributed by atoms with van der Waals surface area (Å²) in [5.74, 6) is 0.950. The van der Waals surface area contributed by atoms with Crippen molar-refractivity contribution in [1.82, 2.24) is 19.8 Å². The molecule has 27 heavy (non-hydrogen) atoms. The van der Waals surface area contributed by atoms with Gasteiger partial charge in [0.2, 0.25) is 11.9 Å². The lowest BCUT2D eigenvalue weighted by Gasteiger charge is -2.34. The highest BCUT2D eigenvalue weighted by Crippen LogP contribution is 2.17. The number of rotatable bonds is 4. The highest BCUT2D eigenvalue weighted by Gasteiger charge is 2.24. The second kappa shape index (κ2) is 7.73. The molecule has 0 saturated carbocycles. The van der Waals surface area contributed by atoms with Gasteiger partial charge in [-0.25, -0.2) is 9.97 Å². The van der Waals surface area contributed by atoms with E-state index in [1.54, 1.807) is 18.5 Å². The van der Waals surface area contributed by atoms with Crippen LogP contribution in [0.5, 0.6) is 0 Å². The Bertz CT molecular complexity index is 818. The Morgan fingerprint density at radius 3 is 2.48 bits per heavy atom. The van der Waals surface area contributed by atoms with Gasteiger partial charge in [0.15, 0.2) is 0 Å². The number of hydrogen-bond donors (Lipinski definition) is 0. The van der Waals surface area contributed by atoms with Crippen molar-refractivity contribution in [3.8, 4) is 0 Å². The molecule has 2 amide bonds. The molecule has 4 rings (SSSR count). The number of carbonyl (C=O) groups is 2. The van der Waals surface area contributed by atoms with Crippen molar-refractivity contribution < 1.29 is 9.59 Å². The highest BCUT2D eigenvalue weighted by molar-refractivity contribution is 5.94. The molecular formula is C20H23N5O2. The van der Waals surface area contributed by atoms with Crippen LogP contribution in [0.4, 0.5) is 5.95 Å². The Morgan fingerprint density at radius 2 is 1.78 bits per heavy atom. The lowest BCUT2D eigenvalue weighted by molar-refractivity contribution is -0.128. The quantitative estimate of drug-likeness (QED) is 0.822. The first-order valence-corrected chi connectivity index (χ1v) is 9.39. The van der Waals surface area contributed by atoms with E-state index in [0.717, 1.165) is 31.6 Å². The maximum Gasteiger partial charge on any atom is 0.253 e. The van der Waals surface area contributed by atoms with Crippen LogP contribution in [0.1, 0.15) is 28.8 Å². The van der Waals surface area contributed by atoms with Crippen molar-refractivity contribution in [2.45, 2.75) is 19.4 Å². The van der Waals surface area contributed by atoms with Crippen LogP contribution >= 0.6 is 0 Å². The summed E-state index contributed by atoms with van der Waals surface area (Å²) in [5, 5.41) is 0. The van der Waals surface area contributed by atoms with Crippen molar-refractivity contribution in [2.24, 2.45) is 0 Å². The van der Waals surface area contributed by atoms with Crippen LogP contribution in [-0.2, 0) is 11.3 Å². The average molecular weight is 365 g/mol. The number of carbonyl (C=O) groups excluding carboxylic acids is 2. The highest BCUT2D eigenvalue weighted by atomic mass is 16.2. The first-order chi connectivity index (χ1) is 13.2. The molecule has 0 aliphatic carbocycles. The van der Waals surface area contributed by atoms with Gasteiger partial charge in [-0.1, -0.05) is 12.1 Å². The molecule has 1 aromatic carbocycles. The molecule has 3 heterocycles. The van der Waals surface area contributed by atoms with Gasteiger partial charge >= 0.3 is 0 Å². The predicted molar refractivity (Wildman–Crippen MR) is 101 cm³/mol. The van der Waals surface area contributed by atoms with E-state index in [0.29, 0.717) is 37.6 Å². The molecule has 0 radical (unpaired) electrons. The monoisotopic (exact) mass is 365 g/mol. The predicted octanol–water partition coefficient (Wildman–Crippen LogP) is 1.56. The van der Waals surface area contributed by atoms with Crippen molar-refractivity contribution in [1.29, 1.82) is 0 Å². The van der Waals surface area contributed by atoms with Gasteiger partial charge in [-0.2, -0.15) is 0 Å². The van der Waals surface area contributed by atoms with E-state index in [-0.39, 0.29) is 11.8 Å². The van der Waals surface area contributed by atoms with Gasteiger partial charge in [-0.15, -0.1) is 0 Å². The van der Waals surface area contributed by atoms with Gasteiger partial charge in [-0.3, -0.25) is 9.59 Å². The van der Waals surface area contributed by atoms with E-state index in [9.17, 15) is 9.59 Å². The Hall–Kier alpha value is -2.96. The minimum absolute atomic E-state index is 0.0400. The number of aromatic nitrogens is 2. The van der Waals surface area contributed by atoms with Crippen LogP contribution in [0, 0.1) is 0 Å². The van der Waals surface area contributed by atoms with Crippen molar-refractivity contribution in [3.63, 3.8) is 0 Å². The summed E-state index contributed by atoms with van der Waals surface area (Å²) in [6.45, 7) is 4.12. The molecule has 2 fully saturated rings. The van der Waals surface area contributed by atoms with Crippen LogP contribution < -0.4 is 4.90 Å². The Morgan fingerprint density at radius 1 is 1.00 bits per heavy atom. The number of amides is 2. The molecular weight excluding hydrogens is 342 g/mol. The van der Waals surface area contributed by atoms with E-state index < -0.39 is 0 Å². The molecule has 0 spiro atoms. The Labute approximate surface area is 158 Å². The standard InChI is InChI=1S/C20H23N5O2/c26-18-6-2-9-25(18)15-16-4-1-5-17(14-16)19(27)23-10-12-24(13-11-23)20-21-7-3-8-22-20/h1,3-5,7-8,14H,2,6,9-13,15H2. The molecule has 7 heteroatoms. The SMILES string of the molecule is O=C1CCCN1Cc1cccc(C(=O)N2CCN(c3ncccn3)CC2)c1. The molecule has 7 nitrogen and oxygen atoms in total. The first kappa shape index (κ1) is 17.5. The van der Waals surface area contributed by atoms with Crippen molar-refractivity contribution in [3.05, 3.63) is 53.9 Å². The first-order valence-electron chi connectivity index (χ1n) is 9.39. The largest absolute Gasteiger partial charge is 0.338 e. The fourth-order valence-electron chi connectivity index (χ4n) is 3.64. The van der Waals surface area contributed by atoms with E-state index in [1.165, 1.54) is 0 Å². The van der Waals surface area contributed by atoms with Gasteiger partial charge in [0.1, 0.15) is 0 Å². The Kier molecular flexibility index (Phi) is 5.00. The molecule has 0 bridgehead atoms. The third kappa shape index (κ3) is 3.92. The molecule has 140 valence electrons. The van der Waals surface area contributed by atoms with Crippen LogP contribution in [0.3, 0.4) is 0 Å². The van der Waals surface area contributed by atoms with Gasteiger partial charge in [0, 0.05) is 63.6 Å². The summed E-state index contributed by atoms with van der Waals surface area (Å²) in [4.78, 5) is 39.1. The zero-order chi connectivity index (χ0) is 18.6. The van der Waals surface area contributed by atoms with Gasteiger partial charge < -0.3 is 14.7 Å². The zero-order valence-electron chi connectivity index (χ0n) is 15.3. The minimum atomic E-state index is 0.0400. The van der Waals surface area contributed by atoms with Crippen molar-refractivity contribution >= 4 is 17.8 Å². The number of nitrogens with zero attached hydrogens (tertiary/aromatic N) is 5. The zero-order valence-corrected chi connectivity index (χ0v) is 15.3. The van der Waals surface area contributed by atoms with E-state index in [1.807, 2.05) is 34.1 Å². The summed E-state index contributed by atoms with van der Waals surface area (Å²) >= 11 is 0. The van der Waals surface area contributed by atoms with E-state index in [4.69, 9.17) is 0 Å². The molecule has 0 atom stereocenters. The summed E-state index contributed by atoms with van der Waals surface area (Å²) in [6, 6.07) is 9.45. The van der Waals surface area contributed by atoms with Crippen LogP contribution in [0.2, 0.25) is 0 Å². The summed E-state index contributed by atoms with van der Waals surface area (Å²) < 4.78 is 0. The van der Waals surface area contributed by atoms with Crippen molar-refractivity contribution in [2.75, 3.05) is 37.6 Å². The number of anilines is 1. The summed E-state index contributed by atoms with van der Waals surface area (Å²) in [5.41, 5.74) is 1.69. The number of piperazine rings is 1. The number of hydrogen-bond acceptors (Lipinski definition) is 5. The molecule has 1 aromatic heterocycles. The topological polar surface area (TPSA) is 69.6 Å².